The first-order valence-electron chi connectivity index (χ1n) is 18.8. The van der Waals surface area contributed by atoms with Crippen LogP contribution in [-0.2, 0) is 37.2 Å². The van der Waals surface area contributed by atoms with Crippen molar-refractivity contribution >= 4 is 17.5 Å². The van der Waals surface area contributed by atoms with Gasteiger partial charge >= 0.3 is 0 Å². The Kier molecular flexibility index (Phi) is 9.26. The van der Waals surface area contributed by atoms with Crippen molar-refractivity contribution in [2.24, 2.45) is 0 Å². The second kappa shape index (κ2) is 14.6. The quantitative estimate of drug-likeness (QED) is 0.206. The van der Waals surface area contributed by atoms with Crippen LogP contribution in [0.15, 0.2) is 91.3 Å². The van der Waals surface area contributed by atoms with E-state index in [-0.39, 0.29) is 30.4 Å². The highest BCUT2D eigenvalue weighted by atomic mass is 16.7. The summed E-state index contributed by atoms with van der Waals surface area (Å²) >= 11 is 0. The molecule has 0 spiro atoms. The van der Waals surface area contributed by atoms with Gasteiger partial charge in [0.25, 0.3) is 11.8 Å². The molecule has 1 fully saturated rings. The molecule has 276 valence electrons. The lowest BCUT2D eigenvalue weighted by atomic mass is 9.92. The number of carbonyl (C=O) groups is 2. The number of nitrogens with zero attached hydrogens (tertiary/aromatic N) is 5. The Hall–Kier alpha value is -5.65. The minimum Gasteiger partial charge on any atom is -0.508 e. The molecule has 5 aromatic rings. The molecule has 54 heavy (non-hydrogen) atoms. The summed E-state index contributed by atoms with van der Waals surface area (Å²) < 4.78 is 19.6. The van der Waals surface area contributed by atoms with Gasteiger partial charge in [-0.15, -0.1) is 0 Å². The van der Waals surface area contributed by atoms with E-state index in [1.807, 2.05) is 41.3 Å². The van der Waals surface area contributed by atoms with Crippen molar-refractivity contribution < 1.29 is 28.9 Å². The predicted molar refractivity (Wildman–Crippen MR) is 203 cm³/mol. The highest BCUT2D eigenvalue weighted by Crippen LogP contribution is 2.42. The maximum absolute atomic E-state index is 15.2. The van der Waals surface area contributed by atoms with Gasteiger partial charge < -0.3 is 33.7 Å². The fourth-order valence-corrected chi connectivity index (χ4v) is 8.37. The Labute approximate surface area is 314 Å². The van der Waals surface area contributed by atoms with Crippen LogP contribution < -0.4 is 14.4 Å². The number of carbonyl (C=O) groups excluding carboxylic acids is 2. The zero-order chi connectivity index (χ0) is 36.6. The standard InChI is InChI=1S/C43H43N5O6/c49-34-10-8-32(9-11-34)47(25-29-12-14-44-15-13-29)43(51)37-22-39(46-16-4-3-7-38(37)46)35-23-40-41(54-28-53-40)24-36(35)42(50)48-26-31-6-2-1-5-30(31)21-33(48)27-45-17-19-52-20-18-45/h1-2,5-6,8-15,22-24,33,49H,3-4,7,16-21,25-28H2/t33-/m0/s1. The number of phenolic OH excluding ortho intramolecular Hbond substituents is 1. The number of hydrogen-bond acceptors (Lipinski definition) is 8. The molecule has 4 aliphatic heterocycles. The van der Waals surface area contributed by atoms with Crippen molar-refractivity contribution in [3.63, 3.8) is 0 Å². The lowest BCUT2D eigenvalue weighted by Crippen LogP contribution is -2.52. The highest BCUT2D eigenvalue weighted by Gasteiger charge is 2.36. The molecule has 0 aliphatic carbocycles. The zero-order valence-corrected chi connectivity index (χ0v) is 30.2. The van der Waals surface area contributed by atoms with Gasteiger partial charge in [0, 0.05) is 73.8 Å². The van der Waals surface area contributed by atoms with Gasteiger partial charge in [-0.05, 0) is 97.0 Å². The van der Waals surface area contributed by atoms with Crippen LogP contribution in [0.1, 0.15) is 55.9 Å². The van der Waals surface area contributed by atoms with Crippen molar-refractivity contribution in [2.45, 2.75) is 51.4 Å². The van der Waals surface area contributed by atoms with Gasteiger partial charge in [-0.25, -0.2) is 0 Å². The first-order valence-corrected chi connectivity index (χ1v) is 18.8. The SMILES string of the molecule is O=C(c1cc(-c2cc3c(cc2C(=O)N2Cc4ccccc4C[C@H]2CN2CCOCC2)OCO3)n2c1CCCC2)N(Cc1ccncc1)c1ccc(O)cc1. The van der Waals surface area contributed by atoms with Crippen molar-refractivity contribution in [3.05, 3.63) is 125 Å². The summed E-state index contributed by atoms with van der Waals surface area (Å²) in [5, 5.41) is 10.1. The first-order chi connectivity index (χ1) is 26.5. The van der Waals surface area contributed by atoms with E-state index >= 15 is 4.79 Å². The molecule has 1 atom stereocenters. The molecule has 0 saturated carbocycles. The molecule has 2 amide bonds. The van der Waals surface area contributed by atoms with Crippen LogP contribution in [0.4, 0.5) is 5.69 Å². The Balaban J connectivity index is 1.13. The molecule has 0 radical (unpaired) electrons. The van der Waals surface area contributed by atoms with Gasteiger partial charge in [0.2, 0.25) is 6.79 Å². The summed E-state index contributed by atoms with van der Waals surface area (Å²) in [6, 6.07) is 24.6. The topological polar surface area (TPSA) is 110 Å². The average molecular weight is 726 g/mol. The number of aromatic hydroxyl groups is 1. The average Bonchev–Trinajstić information content (AvgIpc) is 3.84. The Morgan fingerprint density at radius 2 is 1.61 bits per heavy atom. The van der Waals surface area contributed by atoms with Crippen LogP contribution >= 0.6 is 0 Å². The third-order valence-corrected chi connectivity index (χ3v) is 11.2. The lowest BCUT2D eigenvalue weighted by Gasteiger charge is -2.40. The summed E-state index contributed by atoms with van der Waals surface area (Å²) in [4.78, 5) is 40.4. The van der Waals surface area contributed by atoms with E-state index in [0.29, 0.717) is 54.6 Å². The number of benzene rings is 3. The van der Waals surface area contributed by atoms with Gasteiger partial charge in [-0.2, -0.15) is 0 Å². The molecule has 1 saturated heterocycles. The van der Waals surface area contributed by atoms with Crippen molar-refractivity contribution in [3.8, 4) is 28.5 Å². The zero-order valence-electron chi connectivity index (χ0n) is 30.2. The largest absolute Gasteiger partial charge is 0.508 e. The monoisotopic (exact) mass is 725 g/mol. The van der Waals surface area contributed by atoms with E-state index < -0.39 is 0 Å². The Bertz CT molecular complexity index is 2180. The van der Waals surface area contributed by atoms with Crippen LogP contribution in [0, 0.1) is 0 Å². The van der Waals surface area contributed by atoms with E-state index in [4.69, 9.17) is 14.2 Å². The molecule has 6 heterocycles. The van der Waals surface area contributed by atoms with Crippen LogP contribution in [0.2, 0.25) is 0 Å². The number of pyridine rings is 1. The van der Waals surface area contributed by atoms with E-state index in [1.165, 1.54) is 5.56 Å². The predicted octanol–water partition coefficient (Wildman–Crippen LogP) is 6.07. The van der Waals surface area contributed by atoms with Crippen LogP contribution in [0.5, 0.6) is 17.2 Å². The Morgan fingerprint density at radius 3 is 2.41 bits per heavy atom. The van der Waals surface area contributed by atoms with Crippen LogP contribution in [0.25, 0.3) is 11.3 Å². The van der Waals surface area contributed by atoms with Crippen LogP contribution in [0.3, 0.4) is 0 Å². The lowest BCUT2D eigenvalue weighted by molar-refractivity contribution is 0.0193. The van der Waals surface area contributed by atoms with E-state index in [2.05, 4.69) is 32.7 Å². The number of amides is 2. The smallest absolute Gasteiger partial charge is 0.260 e. The molecule has 11 nitrogen and oxygen atoms in total. The molecule has 9 rings (SSSR count). The number of morpholine rings is 1. The number of rotatable bonds is 8. The molecule has 3 aromatic carbocycles. The summed E-state index contributed by atoms with van der Waals surface area (Å²) in [5.74, 6) is 1.03. The summed E-state index contributed by atoms with van der Waals surface area (Å²) in [5.41, 5.74) is 7.64. The molecule has 0 unspecified atom stereocenters. The summed E-state index contributed by atoms with van der Waals surface area (Å²) in [6.45, 7) is 5.44. The van der Waals surface area contributed by atoms with Crippen molar-refractivity contribution in [1.82, 2.24) is 19.4 Å². The van der Waals surface area contributed by atoms with Crippen molar-refractivity contribution in [2.75, 3.05) is 44.5 Å². The maximum Gasteiger partial charge on any atom is 0.260 e. The molecule has 11 heteroatoms. The molecule has 0 bridgehead atoms. The molecule has 2 aromatic heterocycles. The van der Waals surface area contributed by atoms with E-state index in [1.54, 1.807) is 41.6 Å². The number of aromatic nitrogens is 2. The van der Waals surface area contributed by atoms with E-state index in [9.17, 15) is 9.90 Å². The minimum atomic E-state index is -0.152. The van der Waals surface area contributed by atoms with Gasteiger partial charge in [0.15, 0.2) is 11.5 Å². The summed E-state index contributed by atoms with van der Waals surface area (Å²) in [6.07, 6.45) is 6.85. The second-order valence-electron chi connectivity index (χ2n) is 14.5. The fourth-order valence-electron chi connectivity index (χ4n) is 8.37. The number of phenols is 1. The minimum absolute atomic E-state index is 0.0332. The molecular weight excluding hydrogens is 683 g/mol. The van der Waals surface area contributed by atoms with Gasteiger partial charge in [0.05, 0.1) is 30.9 Å². The van der Waals surface area contributed by atoms with Crippen LogP contribution in [-0.4, -0.2) is 82.0 Å². The number of anilines is 1. The highest BCUT2D eigenvalue weighted by molar-refractivity contribution is 6.09. The van der Waals surface area contributed by atoms with E-state index in [0.717, 1.165) is 79.9 Å². The fraction of sp³-hybridized carbons (Fsp3) is 0.326. The number of hydrogen-bond donors (Lipinski definition) is 1. The molecule has 4 aliphatic rings. The summed E-state index contributed by atoms with van der Waals surface area (Å²) in [7, 11) is 0. The van der Waals surface area contributed by atoms with Gasteiger partial charge in [0.1, 0.15) is 5.75 Å². The number of fused-ring (bicyclic) bond motifs is 3. The second-order valence-corrected chi connectivity index (χ2v) is 14.5. The van der Waals surface area contributed by atoms with Crippen molar-refractivity contribution in [1.29, 1.82) is 0 Å². The first kappa shape index (κ1) is 34.1. The molecule has 1 N–H and O–H groups in total. The number of ether oxygens (including phenoxy) is 3. The third kappa shape index (κ3) is 6.58. The molecular formula is C43H43N5O6. The maximum atomic E-state index is 15.2. The Morgan fingerprint density at radius 1 is 0.852 bits per heavy atom. The third-order valence-electron chi connectivity index (χ3n) is 11.2. The normalized spacial score (nSPS) is 17.9. The van der Waals surface area contributed by atoms with Gasteiger partial charge in [-0.3, -0.25) is 19.5 Å². The van der Waals surface area contributed by atoms with Gasteiger partial charge in [-0.1, -0.05) is 24.3 Å².